The minimum atomic E-state index is -1.11. The number of aliphatic carboxylic acids is 1. The average Bonchev–Trinajstić information content (AvgIpc) is 3.53. The fraction of sp³-hybridized carbons (Fsp3) is 0.517. The van der Waals surface area contributed by atoms with Crippen LogP contribution >= 0.6 is 37.2 Å². The van der Waals surface area contributed by atoms with Gasteiger partial charge in [0.25, 0.3) is 11.8 Å². The van der Waals surface area contributed by atoms with Crippen LogP contribution in [0.4, 0.5) is 4.79 Å². The van der Waals surface area contributed by atoms with Crippen LogP contribution in [0.15, 0.2) is 97.1 Å². The predicted molar refractivity (Wildman–Crippen MR) is 355 cm³/mol. The van der Waals surface area contributed by atoms with Crippen LogP contribution in [-0.2, 0) is 42.7 Å². The molecule has 0 spiro atoms. The summed E-state index contributed by atoms with van der Waals surface area (Å²) in [5.74, 6) is -2.84. The van der Waals surface area contributed by atoms with Gasteiger partial charge in [0.2, 0.25) is 5.91 Å². The Kier molecular flexibility index (Phi) is 77.1. The van der Waals surface area contributed by atoms with Gasteiger partial charge in [-0.15, -0.1) is 0 Å². The maximum atomic E-state index is 11.8. The number of hydrogen-bond acceptors (Lipinski definition) is 18. The number of nitrogens with two attached hydrogens (primary N) is 2. The molecule has 0 fully saturated rings. The van der Waals surface area contributed by atoms with Crippen LogP contribution in [0, 0.1) is 0 Å². The summed E-state index contributed by atoms with van der Waals surface area (Å²) in [6, 6.07) is 18.6. The van der Waals surface area contributed by atoms with Gasteiger partial charge in [0.1, 0.15) is 28.4 Å². The topological polar surface area (TPSA) is 368 Å². The number of carbonyl (C=O) groups is 6. The Morgan fingerprint density at radius 1 is 0.488 bits per heavy atom. The van der Waals surface area contributed by atoms with Gasteiger partial charge >= 0.3 is 81.2 Å². The molecule has 0 atom stereocenters. The predicted octanol–water partition coefficient (Wildman–Crippen LogP) is 7.04. The van der Waals surface area contributed by atoms with Crippen molar-refractivity contribution in [1.82, 2.24) is 21.3 Å². The summed E-state index contributed by atoms with van der Waals surface area (Å²) >= 11 is 6.74. The Bertz CT molecular complexity index is 2200. The molecular formula is C58H96I2K2N6O18. The van der Waals surface area contributed by atoms with Gasteiger partial charge in [0.05, 0.1) is 96.8 Å². The maximum absolute atomic E-state index is 11.8. The van der Waals surface area contributed by atoms with Crippen LogP contribution in [0.5, 0.6) is 17.2 Å². The van der Waals surface area contributed by atoms with Crippen LogP contribution < -0.4 is 32.7 Å². The van der Waals surface area contributed by atoms with Crippen LogP contribution in [0.1, 0.15) is 106 Å². The molecule has 0 heterocycles. The number of carboxylic acid groups (broad SMARTS) is 2. The normalized spacial score (nSPS) is 9.97. The van der Waals surface area contributed by atoms with Crippen molar-refractivity contribution in [3.05, 3.63) is 114 Å². The SMILES string of the molecule is C.C.CC(C)(C)OC(=O)NCCOCCOCCN.CC/C=C\CC(=O)NCCOCCOCCNC(=O)c1ccccc1O.CC/C=C\CC(=O)O.II.NCCOCCOCCNC(=O)c1ccccc1O.O=C(O)c1ccccc1O.[K][K]. The number of carboxylic acids is 2. The molecule has 0 aromatic heterocycles. The molecule has 13 N–H and O–H groups in total. The van der Waals surface area contributed by atoms with Crippen molar-refractivity contribution in [2.24, 2.45) is 11.5 Å². The summed E-state index contributed by atoms with van der Waals surface area (Å²) in [4.78, 5) is 66.2. The van der Waals surface area contributed by atoms with Gasteiger partial charge in [-0.1, -0.05) is 89.4 Å². The number of ether oxygens (including phenoxy) is 7. The van der Waals surface area contributed by atoms with Crippen LogP contribution in [0.2, 0.25) is 0 Å². The molecule has 86 heavy (non-hydrogen) atoms. The summed E-state index contributed by atoms with van der Waals surface area (Å²) in [5.41, 5.74) is 10.5. The Labute approximate surface area is 578 Å². The van der Waals surface area contributed by atoms with Crippen LogP contribution in [0.3, 0.4) is 0 Å². The third-order valence-electron chi connectivity index (χ3n) is 9.02. The van der Waals surface area contributed by atoms with E-state index in [1.807, 2.05) is 52.8 Å². The van der Waals surface area contributed by atoms with Gasteiger partial charge in [-0.2, -0.15) is 0 Å². The number of hydrogen-bond donors (Lipinski definition) is 11. The van der Waals surface area contributed by atoms with Crippen molar-refractivity contribution in [1.29, 1.82) is 0 Å². The molecule has 0 bridgehead atoms. The Hall–Kier alpha value is -2.43. The van der Waals surface area contributed by atoms with E-state index < -0.39 is 23.6 Å². The van der Waals surface area contributed by atoms with E-state index in [0.717, 1.165) is 12.8 Å². The van der Waals surface area contributed by atoms with Gasteiger partial charge in [-0.05, 0) is 70.0 Å². The first-order valence-electron chi connectivity index (χ1n) is 27.2. The van der Waals surface area contributed by atoms with Gasteiger partial charge < -0.3 is 91.4 Å². The zero-order valence-electron chi connectivity index (χ0n) is 49.7. The molecule has 3 rings (SSSR count). The number of aromatic hydroxyl groups is 3. The fourth-order valence-corrected chi connectivity index (χ4v) is 5.36. The number of aromatic carboxylic acids is 1. The second-order valence-corrected chi connectivity index (χ2v) is 17.0. The van der Waals surface area contributed by atoms with Crippen molar-refractivity contribution in [2.75, 3.05) is 119 Å². The minimum absolute atomic E-state index is 0. The molecular weight excluding hydrogens is 1400 g/mol. The Morgan fingerprint density at radius 3 is 1.10 bits per heavy atom. The Balaban J connectivity index is -0.000000239. The molecule has 0 unspecified atom stereocenters. The number of rotatable bonds is 34. The van der Waals surface area contributed by atoms with Crippen LogP contribution in [0.25, 0.3) is 0 Å². The van der Waals surface area contributed by atoms with Gasteiger partial charge in [-0.3, -0.25) is 19.2 Å². The number of alkyl carbamates (subject to hydrolysis) is 1. The Morgan fingerprint density at radius 2 is 0.802 bits per heavy atom. The molecule has 3 aromatic carbocycles. The van der Waals surface area contributed by atoms with E-state index in [4.69, 9.17) is 59.9 Å². The van der Waals surface area contributed by atoms with Crippen LogP contribution in [-0.4, -0.2) is 249 Å². The van der Waals surface area contributed by atoms with E-state index in [-0.39, 0.29) is 72.9 Å². The number of phenols is 3. The third kappa shape index (κ3) is 64.6. The zero-order valence-corrected chi connectivity index (χ0v) is 60.3. The molecule has 3 aromatic rings. The molecule has 0 saturated heterocycles. The number of amides is 4. The molecule has 0 radical (unpaired) electrons. The number of halogens is 2. The molecule has 0 saturated carbocycles. The van der Waals surface area contributed by atoms with Gasteiger partial charge in [-0.25, -0.2) is 9.59 Å². The van der Waals surface area contributed by atoms with E-state index in [1.54, 1.807) is 54.6 Å². The molecule has 482 valence electrons. The first-order chi connectivity index (χ1) is 40.3. The number of carbonyl (C=O) groups excluding carboxylic acids is 4. The van der Waals surface area contributed by atoms with E-state index in [1.165, 1.54) is 87.4 Å². The summed E-state index contributed by atoms with van der Waals surface area (Å²) in [5, 5.41) is 55.1. The van der Waals surface area contributed by atoms with Gasteiger partial charge in [0.15, 0.2) is 0 Å². The summed E-state index contributed by atoms with van der Waals surface area (Å²) in [6.07, 6.45) is 9.25. The number of para-hydroxylation sites is 3. The van der Waals surface area contributed by atoms with Crippen molar-refractivity contribution < 1.29 is 87.5 Å². The third-order valence-corrected chi connectivity index (χ3v) is 9.02. The first kappa shape index (κ1) is 94.7. The van der Waals surface area contributed by atoms with E-state index in [0.29, 0.717) is 125 Å². The van der Waals surface area contributed by atoms with Gasteiger partial charge in [0, 0.05) is 82.9 Å². The molecule has 28 heteroatoms. The summed E-state index contributed by atoms with van der Waals surface area (Å²) < 4.78 is 36.5. The molecule has 0 aliphatic rings. The molecule has 0 aliphatic carbocycles. The van der Waals surface area contributed by atoms with E-state index >= 15 is 0 Å². The fourth-order valence-electron chi connectivity index (χ4n) is 5.36. The monoisotopic (exact) mass is 1500 g/mol. The van der Waals surface area contributed by atoms with Crippen molar-refractivity contribution in [3.63, 3.8) is 0 Å². The summed E-state index contributed by atoms with van der Waals surface area (Å²) in [6.45, 7) is 17.5. The molecule has 0 aliphatic heterocycles. The molecule has 24 nitrogen and oxygen atoms in total. The average molecular weight is 1500 g/mol. The van der Waals surface area contributed by atoms with E-state index in [9.17, 15) is 39.0 Å². The summed E-state index contributed by atoms with van der Waals surface area (Å²) in [7, 11) is 0. The van der Waals surface area contributed by atoms with E-state index in [2.05, 4.69) is 58.5 Å². The van der Waals surface area contributed by atoms with Crippen molar-refractivity contribution in [2.45, 2.75) is 80.8 Å². The zero-order chi connectivity index (χ0) is 64.1. The van der Waals surface area contributed by atoms with Crippen molar-refractivity contribution in [3.8, 4) is 17.2 Å². The quantitative estimate of drug-likeness (QED) is 0.0123. The number of benzene rings is 3. The number of nitrogens with one attached hydrogen (secondary N) is 4. The van der Waals surface area contributed by atoms with Crippen molar-refractivity contribution >= 4 is 136 Å². The second kappa shape index (κ2) is 70.0. The number of phenolic OH excluding ortho intramolecular Hbond substituents is 2. The second-order valence-electron chi connectivity index (χ2n) is 17.0. The number of allylic oxidation sites excluding steroid dienone is 2. The first-order valence-corrected chi connectivity index (χ1v) is 49.5. The standard InChI is InChI=1S/C19H28N2O5.C13H20N2O4.C11H24N2O4.C7H6O3.C6H10O2.2CH4.I2.2K/c1-2-3-4-9-18(23)20-10-12-25-14-15-26-13-11-21-19(24)16-7-5-6-8-17(16)22;14-5-7-18-9-10-19-8-6-15-13(17)11-3-1-2-4-12(11)16;1-11(2,3)17-10(14)13-5-7-16-9-8-15-6-4-12;8-6-4-2-1-3-5(6)7(9)10;1-2-3-4-5-6(7)8;;;1-2;;/h3-8,22H,2,9-15H2,1H3,(H,20,23)(H,21,24);1-4,16H,5-10,14H2,(H,15,17);4-9,12H2,1-3H3,(H,13,14);1-4,8H,(H,9,10);3-4H,2,5H2,1H3,(H,7,8);2*1H4;;;/b4-3-;;;;4-3-;;;;;. The molecule has 4 amide bonds.